The summed E-state index contributed by atoms with van der Waals surface area (Å²) in [5, 5.41) is -0.606. The molecule has 0 radical (unpaired) electrons. The van der Waals surface area contributed by atoms with E-state index in [9.17, 15) is 8.42 Å². The Kier molecular flexibility index (Phi) is 3.26. The van der Waals surface area contributed by atoms with E-state index in [0.717, 1.165) is 0 Å². The van der Waals surface area contributed by atoms with Crippen molar-refractivity contribution in [2.75, 3.05) is 19.8 Å². The highest BCUT2D eigenvalue weighted by atomic mass is 32.2. The number of nitrogens with two attached hydrogens (primary N) is 1. The summed E-state index contributed by atoms with van der Waals surface area (Å²) >= 11 is 0. The number of rotatable bonds is 3. The summed E-state index contributed by atoms with van der Waals surface area (Å²) < 4.78 is 34.8. The van der Waals surface area contributed by atoms with Crippen LogP contribution in [-0.2, 0) is 9.84 Å². The van der Waals surface area contributed by atoms with Crippen molar-refractivity contribution in [1.82, 2.24) is 0 Å². The molecule has 1 atom stereocenters. The van der Waals surface area contributed by atoms with E-state index in [4.69, 9.17) is 15.2 Å². The van der Waals surface area contributed by atoms with Crippen LogP contribution in [0, 0.1) is 0 Å². The predicted octanol–water partition coefficient (Wildman–Crippen LogP) is 0.579. The van der Waals surface area contributed by atoms with E-state index in [2.05, 4.69) is 0 Å². The lowest BCUT2D eigenvalue weighted by atomic mass is 10.3. The molecule has 6 heteroatoms. The minimum atomic E-state index is -3.38. The van der Waals surface area contributed by atoms with E-state index < -0.39 is 15.1 Å². The maximum Gasteiger partial charge on any atom is 0.182 e. The molecule has 0 bridgehead atoms. The number of sulfone groups is 1. The van der Waals surface area contributed by atoms with Crippen molar-refractivity contribution in [3.63, 3.8) is 0 Å². The van der Waals surface area contributed by atoms with Crippen molar-refractivity contribution < 1.29 is 17.9 Å². The first-order chi connectivity index (χ1) is 8.05. The van der Waals surface area contributed by atoms with Crippen LogP contribution in [0.4, 0.5) is 0 Å². The first-order valence-corrected chi connectivity index (χ1v) is 6.94. The van der Waals surface area contributed by atoms with Gasteiger partial charge in [-0.15, -0.1) is 0 Å². The van der Waals surface area contributed by atoms with Gasteiger partial charge in [0.15, 0.2) is 21.3 Å². The van der Waals surface area contributed by atoms with Gasteiger partial charge in [0.1, 0.15) is 13.2 Å². The van der Waals surface area contributed by atoms with E-state index in [-0.39, 0.29) is 11.4 Å². The van der Waals surface area contributed by atoms with E-state index in [1.165, 1.54) is 12.1 Å². The van der Waals surface area contributed by atoms with Crippen LogP contribution in [-0.4, -0.2) is 33.4 Å². The molecule has 0 aromatic heterocycles. The highest BCUT2D eigenvalue weighted by Gasteiger charge is 2.24. The van der Waals surface area contributed by atoms with Crippen LogP contribution in [0.1, 0.15) is 6.92 Å². The Morgan fingerprint density at radius 2 is 1.94 bits per heavy atom. The average molecular weight is 257 g/mol. The first kappa shape index (κ1) is 12.2. The number of hydrogen-bond donors (Lipinski definition) is 1. The van der Waals surface area contributed by atoms with Crippen LogP contribution in [0.3, 0.4) is 0 Å². The Hall–Kier alpha value is -1.27. The third kappa shape index (κ3) is 2.23. The summed E-state index contributed by atoms with van der Waals surface area (Å²) in [6.07, 6.45) is 0. The van der Waals surface area contributed by atoms with Gasteiger partial charge in [-0.25, -0.2) is 8.42 Å². The van der Waals surface area contributed by atoms with Crippen LogP contribution in [0.5, 0.6) is 11.5 Å². The van der Waals surface area contributed by atoms with Crippen molar-refractivity contribution in [3.8, 4) is 11.5 Å². The Labute approximate surface area is 100 Å². The third-order valence-electron chi connectivity index (χ3n) is 2.70. The van der Waals surface area contributed by atoms with E-state index in [0.29, 0.717) is 24.7 Å². The zero-order valence-corrected chi connectivity index (χ0v) is 10.4. The molecule has 1 aliphatic heterocycles. The number of fused-ring (bicyclic) bond motifs is 1. The zero-order chi connectivity index (χ0) is 12.5. The fourth-order valence-corrected chi connectivity index (χ4v) is 2.81. The van der Waals surface area contributed by atoms with Crippen LogP contribution in [0.15, 0.2) is 23.1 Å². The fourth-order valence-electron chi connectivity index (χ4n) is 1.56. The van der Waals surface area contributed by atoms with Gasteiger partial charge in [-0.1, -0.05) is 0 Å². The average Bonchev–Trinajstić information content (AvgIpc) is 2.37. The van der Waals surface area contributed by atoms with Gasteiger partial charge >= 0.3 is 0 Å². The molecule has 0 saturated heterocycles. The Morgan fingerprint density at radius 1 is 1.29 bits per heavy atom. The first-order valence-electron chi connectivity index (χ1n) is 5.39. The SMILES string of the molecule is CC(CN)S(=O)(=O)c1ccc2c(c1)OCCO2. The molecule has 94 valence electrons. The Bertz CT molecular complexity index is 512. The molecule has 1 aromatic carbocycles. The van der Waals surface area contributed by atoms with Gasteiger partial charge in [0.05, 0.1) is 10.1 Å². The molecule has 2 rings (SSSR count). The molecule has 2 N–H and O–H groups in total. The predicted molar refractivity (Wildman–Crippen MR) is 63.1 cm³/mol. The van der Waals surface area contributed by atoms with Gasteiger partial charge in [0, 0.05) is 12.6 Å². The van der Waals surface area contributed by atoms with Crippen LogP contribution < -0.4 is 15.2 Å². The van der Waals surface area contributed by atoms with Gasteiger partial charge in [-0.2, -0.15) is 0 Å². The standard InChI is InChI=1S/C11H15NO4S/c1-8(7-12)17(13,14)9-2-3-10-11(6-9)16-5-4-15-10/h2-3,6,8H,4-5,7,12H2,1H3. The smallest absolute Gasteiger partial charge is 0.182 e. The van der Waals surface area contributed by atoms with Crippen molar-refractivity contribution >= 4 is 9.84 Å². The molecular formula is C11H15NO4S. The lowest BCUT2D eigenvalue weighted by molar-refractivity contribution is 0.171. The monoisotopic (exact) mass is 257 g/mol. The van der Waals surface area contributed by atoms with Gasteiger partial charge in [0.25, 0.3) is 0 Å². The Balaban J connectivity index is 2.41. The van der Waals surface area contributed by atoms with E-state index in [1.807, 2.05) is 0 Å². The van der Waals surface area contributed by atoms with Crippen molar-refractivity contribution in [1.29, 1.82) is 0 Å². The third-order valence-corrected chi connectivity index (χ3v) is 4.87. The van der Waals surface area contributed by atoms with Crippen LogP contribution >= 0.6 is 0 Å². The summed E-state index contributed by atoms with van der Waals surface area (Å²) in [7, 11) is -3.38. The number of benzene rings is 1. The lowest BCUT2D eigenvalue weighted by Gasteiger charge is -2.19. The summed E-state index contributed by atoms with van der Waals surface area (Å²) in [5.41, 5.74) is 5.40. The van der Waals surface area contributed by atoms with Crippen molar-refractivity contribution in [2.45, 2.75) is 17.1 Å². The van der Waals surface area contributed by atoms with Crippen LogP contribution in [0.25, 0.3) is 0 Å². The molecule has 1 unspecified atom stereocenters. The summed E-state index contributed by atoms with van der Waals surface area (Å²) in [6.45, 7) is 2.60. The van der Waals surface area contributed by atoms with E-state index in [1.54, 1.807) is 13.0 Å². The molecule has 0 fully saturated rings. The van der Waals surface area contributed by atoms with Gasteiger partial charge in [-0.05, 0) is 19.1 Å². The quantitative estimate of drug-likeness (QED) is 0.857. The maximum atomic E-state index is 12.1. The second kappa shape index (κ2) is 4.54. The maximum absolute atomic E-state index is 12.1. The molecule has 0 amide bonds. The molecule has 17 heavy (non-hydrogen) atoms. The summed E-state index contributed by atoms with van der Waals surface area (Å²) in [5.74, 6) is 1.05. The second-order valence-electron chi connectivity index (χ2n) is 3.90. The molecule has 1 aliphatic rings. The molecular weight excluding hydrogens is 242 g/mol. The van der Waals surface area contributed by atoms with Crippen molar-refractivity contribution in [2.24, 2.45) is 5.73 Å². The summed E-state index contributed by atoms with van der Waals surface area (Å²) in [4.78, 5) is 0.222. The minimum Gasteiger partial charge on any atom is -0.486 e. The number of ether oxygens (including phenoxy) is 2. The normalized spacial score (nSPS) is 16.6. The second-order valence-corrected chi connectivity index (χ2v) is 6.26. The molecule has 1 heterocycles. The fraction of sp³-hybridized carbons (Fsp3) is 0.455. The highest BCUT2D eigenvalue weighted by Crippen LogP contribution is 2.33. The van der Waals surface area contributed by atoms with Gasteiger partial charge in [0.2, 0.25) is 0 Å². The molecule has 0 spiro atoms. The Morgan fingerprint density at radius 3 is 2.59 bits per heavy atom. The zero-order valence-electron chi connectivity index (χ0n) is 9.55. The summed E-state index contributed by atoms with van der Waals surface area (Å²) in [6, 6.07) is 4.63. The van der Waals surface area contributed by atoms with Crippen molar-refractivity contribution in [3.05, 3.63) is 18.2 Å². The lowest BCUT2D eigenvalue weighted by Crippen LogP contribution is -2.26. The molecule has 0 aliphatic carbocycles. The molecule has 0 saturated carbocycles. The van der Waals surface area contributed by atoms with Gasteiger partial charge in [-0.3, -0.25) is 0 Å². The van der Waals surface area contributed by atoms with Crippen LogP contribution in [0.2, 0.25) is 0 Å². The van der Waals surface area contributed by atoms with Gasteiger partial charge < -0.3 is 15.2 Å². The highest BCUT2D eigenvalue weighted by molar-refractivity contribution is 7.92. The number of hydrogen-bond acceptors (Lipinski definition) is 5. The largest absolute Gasteiger partial charge is 0.486 e. The minimum absolute atomic E-state index is 0.0940. The topological polar surface area (TPSA) is 78.6 Å². The molecule has 1 aromatic rings. The molecule has 5 nitrogen and oxygen atoms in total. The van der Waals surface area contributed by atoms with E-state index >= 15 is 0 Å².